The van der Waals surface area contributed by atoms with Crippen LogP contribution < -0.4 is 10.2 Å². The van der Waals surface area contributed by atoms with Crippen molar-refractivity contribution in [3.05, 3.63) is 23.5 Å². The lowest BCUT2D eigenvalue weighted by Gasteiger charge is -2.34. The molecule has 0 radical (unpaired) electrons. The number of pyridine rings is 1. The van der Waals surface area contributed by atoms with Crippen LogP contribution in [0.1, 0.15) is 56.2 Å². The Morgan fingerprint density at radius 2 is 2.05 bits per heavy atom. The number of anilines is 1. The van der Waals surface area contributed by atoms with Gasteiger partial charge in [-0.2, -0.15) is 0 Å². The predicted octanol–water partition coefficient (Wildman–Crippen LogP) is 3.41. The minimum atomic E-state index is 0.764. The minimum Gasteiger partial charge on any atom is -0.368 e. The summed E-state index contributed by atoms with van der Waals surface area (Å²) in [7, 11) is 0. The molecule has 114 valence electrons. The number of hydrogen-bond acceptors (Lipinski definition) is 3. The summed E-state index contributed by atoms with van der Waals surface area (Å²) >= 11 is 0. The van der Waals surface area contributed by atoms with Crippen molar-refractivity contribution in [1.29, 1.82) is 0 Å². The highest BCUT2D eigenvalue weighted by molar-refractivity contribution is 5.55. The Morgan fingerprint density at radius 1 is 1.19 bits per heavy atom. The SMILES string of the molecule is Cc1cc(N2CCC3CCCCC32)c(CNC2CC2)cn1. The second-order valence-corrected chi connectivity index (χ2v) is 7.20. The number of nitrogens with zero attached hydrogens (tertiary/aromatic N) is 2. The van der Waals surface area contributed by atoms with Crippen molar-refractivity contribution in [3.63, 3.8) is 0 Å². The van der Waals surface area contributed by atoms with E-state index in [1.807, 2.05) is 0 Å². The summed E-state index contributed by atoms with van der Waals surface area (Å²) in [4.78, 5) is 7.26. The molecule has 3 aliphatic rings. The van der Waals surface area contributed by atoms with Crippen molar-refractivity contribution in [3.8, 4) is 0 Å². The smallest absolute Gasteiger partial charge is 0.0448 e. The van der Waals surface area contributed by atoms with E-state index in [-0.39, 0.29) is 0 Å². The summed E-state index contributed by atoms with van der Waals surface area (Å²) < 4.78 is 0. The molecular weight excluding hydrogens is 258 g/mol. The first-order valence-electron chi connectivity index (χ1n) is 8.77. The van der Waals surface area contributed by atoms with Crippen LogP contribution in [0.5, 0.6) is 0 Å². The Balaban J connectivity index is 1.58. The Morgan fingerprint density at radius 3 is 2.90 bits per heavy atom. The number of nitrogens with one attached hydrogen (secondary N) is 1. The van der Waals surface area contributed by atoms with Crippen LogP contribution in [0, 0.1) is 12.8 Å². The molecule has 4 rings (SSSR count). The molecule has 3 fully saturated rings. The lowest BCUT2D eigenvalue weighted by Crippen LogP contribution is -2.35. The third kappa shape index (κ3) is 2.80. The van der Waals surface area contributed by atoms with Gasteiger partial charge in [0.25, 0.3) is 0 Å². The second kappa shape index (κ2) is 5.60. The van der Waals surface area contributed by atoms with E-state index in [4.69, 9.17) is 0 Å². The highest BCUT2D eigenvalue weighted by atomic mass is 15.2. The fourth-order valence-corrected chi connectivity index (χ4v) is 4.22. The molecule has 2 saturated carbocycles. The third-order valence-corrected chi connectivity index (χ3v) is 5.58. The van der Waals surface area contributed by atoms with E-state index in [0.29, 0.717) is 0 Å². The molecule has 0 bridgehead atoms. The Labute approximate surface area is 128 Å². The first kappa shape index (κ1) is 13.6. The van der Waals surface area contributed by atoms with Crippen molar-refractivity contribution in [1.82, 2.24) is 10.3 Å². The highest BCUT2D eigenvalue weighted by Gasteiger charge is 2.36. The second-order valence-electron chi connectivity index (χ2n) is 7.20. The molecular formula is C18H27N3. The van der Waals surface area contributed by atoms with E-state index in [1.54, 1.807) is 0 Å². The molecule has 1 N–H and O–H groups in total. The zero-order chi connectivity index (χ0) is 14.2. The number of aryl methyl sites for hydroxylation is 1. The number of fused-ring (bicyclic) bond motifs is 1. The van der Waals surface area contributed by atoms with Crippen molar-refractivity contribution in [2.45, 2.75) is 70.5 Å². The fourth-order valence-electron chi connectivity index (χ4n) is 4.22. The average molecular weight is 285 g/mol. The van der Waals surface area contributed by atoms with Gasteiger partial charge in [0.1, 0.15) is 0 Å². The van der Waals surface area contributed by atoms with Crippen molar-refractivity contribution in [2.75, 3.05) is 11.4 Å². The minimum absolute atomic E-state index is 0.764. The summed E-state index contributed by atoms with van der Waals surface area (Å²) in [5.41, 5.74) is 4.02. The van der Waals surface area contributed by atoms with Gasteiger partial charge in [-0.3, -0.25) is 4.98 Å². The molecule has 21 heavy (non-hydrogen) atoms. The third-order valence-electron chi connectivity index (χ3n) is 5.58. The van der Waals surface area contributed by atoms with Gasteiger partial charge < -0.3 is 10.2 Å². The number of hydrogen-bond donors (Lipinski definition) is 1. The van der Waals surface area contributed by atoms with Crippen LogP contribution in [-0.2, 0) is 6.54 Å². The topological polar surface area (TPSA) is 28.2 Å². The summed E-state index contributed by atoms with van der Waals surface area (Å²) in [5, 5.41) is 3.66. The average Bonchev–Trinajstić information content (AvgIpc) is 3.23. The van der Waals surface area contributed by atoms with Crippen LogP contribution in [0.15, 0.2) is 12.3 Å². The van der Waals surface area contributed by atoms with Crippen LogP contribution in [-0.4, -0.2) is 23.6 Å². The van der Waals surface area contributed by atoms with E-state index >= 15 is 0 Å². The maximum absolute atomic E-state index is 4.55. The molecule has 1 saturated heterocycles. The summed E-state index contributed by atoms with van der Waals surface area (Å²) in [6.45, 7) is 4.35. The zero-order valence-electron chi connectivity index (χ0n) is 13.1. The summed E-state index contributed by atoms with van der Waals surface area (Å²) in [6.07, 6.45) is 11.9. The molecule has 0 spiro atoms. The normalized spacial score (nSPS) is 28.7. The molecule has 1 aromatic rings. The monoisotopic (exact) mass is 285 g/mol. The molecule has 3 nitrogen and oxygen atoms in total. The Kier molecular flexibility index (Phi) is 3.62. The van der Waals surface area contributed by atoms with Crippen molar-refractivity contribution >= 4 is 5.69 Å². The molecule has 2 atom stereocenters. The van der Waals surface area contributed by atoms with Crippen LogP contribution >= 0.6 is 0 Å². The first-order chi connectivity index (χ1) is 10.3. The van der Waals surface area contributed by atoms with E-state index in [9.17, 15) is 0 Å². The molecule has 1 aromatic heterocycles. The van der Waals surface area contributed by atoms with Gasteiger partial charge in [-0.15, -0.1) is 0 Å². The van der Waals surface area contributed by atoms with Gasteiger partial charge >= 0.3 is 0 Å². The highest BCUT2D eigenvalue weighted by Crippen LogP contribution is 2.40. The Hall–Kier alpha value is -1.09. The molecule has 3 heteroatoms. The van der Waals surface area contributed by atoms with Crippen LogP contribution in [0.25, 0.3) is 0 Å². The van der Waals surface area contributed by atoms with Gasteiger partial charge in [-0.25, -0.2) is 0 Å². The molecule has 0 amide bonds. The van der Waals surface area contributed by atoms with E-state index in [0.717, 1.165) is 30.2 Å². The standard InChI is InChI=1S/C18H27N3/c1-13-10-18(15(11-19-13)12-20-16-6-7-16)21-9-8-14-4-2-3-5-17(14)21/h10-11,14,16-17,20H,2-9,12H2,1H3. The summed E-state index contributed by atoms with van der Waals surface area (Å²) in [6, 6.07) is 3.88. The Bertz CT molecular complexity index is 509. The van der Waals surface area contributed by atoms with Crippen LogP contribution in [0.2, 0.25) is 0 Å². The number of rotatable bonds is 4. The van der Waals surface area contributed by atoms with E-state index in [1.165, 1.54) is 62.7 Å². The van der Waals surface area contributed by atoms with E-state index in [2.05, 4.69) is 34.4 Å². The zero-order valence-corrected chi connectivity index (χ0v) is 13.1. The molecule has 2 unspecified atom stereocenters. The van der Waals surface area contributed by atoms with Crippen LogP contribution in [0.3, 0.4) is 0 Å². The molecule has 2 aliphatic carbocycles. The van der Waals surface area contributed by atoms with Gasteiger partial charge in [0.15, 0.2) is 0 Å². The maximum Gasteiger partial charge on any atom is 0.0448 e. The number of aromatic nitrogens is 1. The maximum atomic E-state index is 4.55. The van der Waals surface area contributed by atoms with E-state index < -0.39 is 0 Å². The van der Waals surface area contributed by atoms with Gasteiger partial charge in [-0.05, 0) is 51.0 Å². The van der Waals surface area contributed by atoms with Gasteiger partial charge in [-0.1, -0.05) is 12.8 Å². The lowest BCUT2D eigenvalue weighted by molar-refractivity contribution is 0.342. The predicted molar refractivity (Wildman–Crippen MR) is 86.5 cm³/mol. The van der Waals surface area contributed by atoms with Crippen molar-refractivity contribution < 1.29 is 0 Å². The van der Waals surface area contributed by atoms with Gasteiger partial charge in [0.2, 0.25) is 0 Å². The first-order valence-corrected chi connectivity index (χ1v) is 8.77. The quantitative estimate of drug-likeness (QED) is 0.919. The molecule has 2 heterocycles. The lowest BCUT2D eigenvalue weighted by atomic mass is 9.85. The summed E-state index contributed by atoms with van der Waals surface area (Å²) in [5.74, 6) is 0.941. The van der Waals surface area contributed by atoms with Gasteiger partial charge in [0.05, 0.1) is 0 Å². The van der Waals surface area contributed by atoms with Gasteiger partial charge in [0, 0.05) is 48.3 Å². The largest absolute Gasteiger partial charge is 0.368 e. The van der Waals surface area contributed by atoms with Crippen molar-refractivity contribution in [2.24, 2.45) is 5.92 Å². The molecule has 0 aromatic carbocycles. The molecule has 1 aliphatic heterocycles. The van der Waals surface area contributed by atoms with Crippen LogP contribution in [0.4, 0.5) is 5.69 Å². The fraction of sp³-hybridized carbons (Fsp3) is 0.722.